The first-order valence-corrected chi connectivity index (χ1v) is 6.71. The molecule has 0 unspecified atom stereocenters. The van der Waals surface area contributed by atoms with E-state index in [1.54, 1.807) is 6.07 Å². The summed E-state index contributed by atoms with van der Waals surface area (Å²) in [5.41, 5.74) is 7.74. The molecule has 1 aromatic carbocycles. The van der Waals surface area contributed by atoms with Gasteiger partial charge in [-0.25, -0.2) is 4.98 Å². The second kappa shape index (κ2) is 4.34. The Morgan fingerprint density at radius 1 is 1.55 bits per heavy atom. The van der Waals surface area contributed by atoms with Crippen LogP contribution in [0.1, 0.15) is 37.1 Å². The molecule has 5 nitrogen and oxygen atoms in total. The average Bonchev–Trinajstić information content (AvgIpc) is 3.16. The van der Waals surface area contributed by atoms with Gasteiger partial charge in [0.2, 0.25) is 5.91 Å². The molecule has 0 radical (unpaired) electrons. The molecule has 5 heteroatoms. The number of carbonyl (C=O) groups is 1. The smallest absolute Gasteiger partial charge is 0.217 e. The molecule has 0 aliphatic heterocycles. The summed E-state index contributed by atoms with van der Waals surface area (Å²) in [6, 6.07) is 7.66. The number of fused-ring (bicyclic) bond motifs is 1. The monoisotopic (exact) mass is 268 g/mol. The van der Waals surface area contributed by atoms with Gasteiger partial charge in [-0.3, -0.25) is 4.79 Å². The van der Waals surface area contributed by atoms with E-state index in [0.717, 1.165) is 36.1 Å². The van der Waals surface area contributed by atoms with Gasteiger partial charge in [-0.05, 0) is 37.5 Å². The van der Waals surface area contributed by atoms with Gasteiger partial charge >= 0.3 is 0 Å². The van der Waals surface area contributed by atoms with Gasteiger partial charge in [-0.2, -0.15) is 5.26 Å². The van der Waals surface area contributed by atoms with Gasteiger partial charge in [0.15, 0.2) is 0 Å². The van der Waals surface area contributed by atoms with Crippen molar-refractivity contribution >= 4 is 16.9 Å². The minimum atomic E-state index is -0.262. The van der Waals surface area contributed by atoms with Crippen molar-refractivity contribution in [3.8, 4) is 6.07 Å². The van der Waals surface area contributed by atoms with Gasteiger partial charge < -0.3 is 10.3 Å². The van der Waals surface area contributed by atoms with E-state index >= 15 is 0 Å². The topological polar surface area (TPSA) is 84.7 Å². The van der Waals surface area contributed by atoms with Crippen molar-refractivity contribution in [2.24, 2.45) is 12.8 Å². The lowest BCUT2D eigenvalue weighted by molar-refractivity contribution is -0.118. The van der Waals surface area contributed by atoms with Crippen molar-refractivity contribution in [2.45, 2.75) is 31.1 Å². The van der Waals surface area contributed by atoms with Crippen LogP contribution in [0.3, 0.4) is 0 Å². The number of aryl methyl sites for hydroxylation is 1. The Balaban J connectivity index is 2.02. The van der Waals surface area contributed by atoms with E-state index in [0.29, 0.717) is 12.0 Å². The van der Waals surface area contributed by atoms with Gasteiger partial charge in [-0.1, -0.05) is 0 Å². The summed E-state index contributed by atoms with van der Waals surface area (Å²) < 4.78 is 2.05. The number of primary amides is 1. The highest BCUT2D eigenvalue weighted by atomic mass is 16.1. The first-order chi connectivity index (χ1) is 9.55. The lowest BCUT2D eigenvalue weighted by Gasteiger charge is -2.13. The minimum absolute atomic E-state index is 0.00436. The van der Waals surface area contributed by atoms with E-state index < -0.39 is 0 Å². The first-order valence-electron chi connectivity index (χ1n) is 6.71. The minimum Gasteiger partial charge on any atom is -0.370 e. The molecule has 1 amide bonds. The van der Waals surface area contributed by atoms with Crippen LogP contribution in [0.25, 0.3) is 11.0 Å². The fourth-order valence-electron chi connectivity index (χ4n) is 2.83. The maximum Gasteiger partial charge on any atom is 0.217 e. The number of hydrogen-bond acceptors (Lipinski definition) is 3. The fourth-order valence-corrected chi connectivity index (χ4v) is 2.83. The van der Waals surface area contributed by atoms with Crippen LogP contribution in [0.4, 0.5) is 0 Å². The largest absolute Gasteiger partial charge is 0.370 e. The van der Waals surface area contributed by atoms with E-state index in [2.05, 4.69) is 6.07 Å². The molecule has 0 spiro atoms. The lowest BCUT2D eigenvalue weighted by Crippen LogP contribution is -2.18. The molecule has 2 N–H and O–H groups in total. The van der Waals surface area contributed by atoms with Crippen molar-refractivity contribution in [2.75, 3.05) is 0 Å². The van der Waals surface area contributed by atoms with Crippen LogP contribution in [-0.4, -0.2) is 15.5 Å². The summed E-state index contributed by atoms with van der Waals surface area (Å²) >= 11 is 0. The van der Waals surface area contributed by atoms with Crippen molar-refractivity contribution < 1.29 is 4.79 Å². The molecule has 1 heterocycles. The lowest BCUT2D eigenvalue weighted by atomic mass is 9.99. The second-order valence-corrected chi connectivity index (χ2v) is 5.56. The molecule has 102 valence electrons. The molecule has 1 aliphatic carbocycles. The zero-order valence-electron chi connectivity index (χ0n) is 11.4. The number of nitrogens with zero attached hydrogens (tertiary/aromatic N) is 3. The second-order valence-electron chi connectivity index (χ2n) is 5.56. The Kier molecular flexibility index (Phi) is 2.75. The quantitative estimate of drug-likeness (QED) is 0.916. The van der Waals surface area contributed by atoms with Crippen LogP contribution in [0, 0.1) is 11.3 Å². The van der Waals surface area contributed by atoms with Gasteiger partial charge in [-0.15, -0.1) is 0 Å². The highest BCUT2D eigenvalue weighted by Crippen LogP contribution is 2.51. The van der Waals surface area contributed by atoms with E-state index in [4.69, 9.17) is 16.0 Å². The van der Waals surface area contributed by atoms with Crippen molar-refractivity contribution in [1.29, 1.82) is 5.26 Å². The first kappa shape index (κ1) is 12.7. The number of rotatable bonds is 4. The van der Waals surface area contributed by atoms with Crippen LogP contribution in [0.15, 0.2) is 18.2 Å². The van der Waals surface area contributed by atoms with Crippen molar-refractivity contribution in [1.82, 2.24) is 9.55 Å². The summed E-state index contributed by atoms with van der Waals surface area (Å²) in [7, 11) is 1.97. The predicted octanol–water partition coefficient (Wildman–Crippen LogP) is 1.74. The average molecular weight is 268 g/mol. The number of imidazole rings is 1. The highest BCUT2D eigenvalue weighted by Gasteiger charge is 2.47. The molecule has 1 aliphatic rings. The van der Waals surface area contributed by atoms with Crippen LogP contribution in [0.5, 0.6) is 0 Å². The number of hydrogen-bond donors (Lipinski definition) is 1. The summed E-state index contributed by atoms with van der Waals surface area (Å²) in [5.74, 6) is 0.741. The molecule has 1 fully saturated rings. The Labute approximate surface area is 117 Å². The number of benzene rings is 1. The molecular formula is C15H16N4O. The molecule has 1 saturated carbocycles. The molecule has 0 saturated heterocycles. The maximum atomic E-state index is 11.0. The van der Waals surface area contributed by atoms with Crippen LogP contribution < -0.4 is 5.73 Å². The predicted molar refractivity (Wildman–Crippen MR) is 74.8 cm³/mol. The molecule has 3 rings (SSSR count). The van der Waals surface area contributed by atoms with Gasteiger partial charge in [0.25, 0.3) is 0 Å². The van der Waals surface area contributed by atoms with Crippen molar-refractivity contribution in [3.63, 3.8) is 0 Å². The summed E-state index contributed by atoms with van der Waals surface area (Å²) in [5, 5.41) is 8.98. The number of carbonyl (C=O) groups excluding carboxylic acids is 1. The Morgan fingerprint density at radius 2 is 2.30 bits per heavy atom. The Morgan fingerprint density at radius 3 is 2.90 bits per heavy atom. The normalized spacial score (nSPS) is 16.0. The molecule has 0 bridgehead atoms. The van der Waals surface area contributed by atoms with Crippen LogP contribution in [-0.2, 0) is 17.3 Å². The molecule has 0 atom stereocenters. The Bertz CT molecular complexity index is 734. The molecule has 2 aromatic rings. The number of nitriles is 1. The van der Waals surface area contributed by atoms with Crippen LogP contribution in [0.2, 0.25) is 0 Å². The van der Waals surface area contributed by atoms with E-state index in [1.807, 2.05) is 23.7 Å². The van der Waals surface area contributed by atoms with Crippen molar-refractivity contribution in [3.05, 3.63) is 29.6 Å². The van der Waals surface area contributed by atoms with E-state index in [-0.39, 0.29) is 11.3 Å². The van der Waals surface area contributed by atoms with Gasteiger partial charge in [0, 0.05) is 18.9 Å². The maximum absolute atomic E-state index is 11.0. The van der Waals surface area contributed by atoms with Gasteiger partial charge in [0.1, 0.15) is 5.82 Å². The summed E-state index contributed by atoms with van der Waals surface area (Å²) in [4.78, 5) is 15.7. The van der Waals surface area contributed by atoms with E-state index in [1.165, 1.54) is 0 Å². The highest BCUT2D eigenvalue weighted by molar-refractivity contribution is 5.78. The molecular weight excluding hydrogens is 252 g/mol. The zero-order chi connectivity index (χ0) is 14.3. The fraction of sp³-hybridized carbons (Fsp3) is 0.400. The SMILES string of the molecule is Cn1c(C2(CCC(N)=O)CC2)nc2ccc(C#N)cc21. The molecule has 1 aromatic heterocycles. The number of nitrogens with two attached hydrogens (primary N) is 1. The van der Waals surface area contributed by atoms with Gasteiger partial charge in [0.05, 0.1) is 22.7 Å². The summed E-state index contributed by atoms with van der Waals surface area (Å²) in [6.07, 6.45) is 3.24. The molecule has 20 heavy (non-hydrogen) atoms. The number of amides is 1. The third-order valence-electron chi connectivity index (χ3n) is 4.19. The van der Waals surface area contributed by atoms with Crippen LogP contribution >= 0.6 is 0 Å². The zero-order valence-corrected chi connectivity index (χ0v) is 11.4. The third kappa shape index (κ3) is 1.94. The third-order valence-corrected chi connectivity index (χ3v) is 4.19. The Hall–Kier alpha value is -2.35. The number of aromatic nitrogens is 2. The standard InChI is InChI=1S/C15H16N4O/c1-19-12-8-10(9-16)2-3-11(12)18-14(19)15(6-7-15)5-4-13(17)20/h2-3,8H,4-7H2,1H3,(H2,17,20). The summed E-state index contributed by atoms with van der Waals surface area (Å²) in [6.45, 7) is 0. The van der Waals surface area contributed by atoms with E-state index in [9.17, 15) is 4.79 Å².